The molecule has 3 aromatic heterocycles. The maximum Gasteiger partial charge on any atom is 0.251 e. The largest absolute Gasteiger partial charge is 0.324 e. The lowest BCUT2D eigenvalue weighted by Gasteiger charge is -2.13. The van der Waals surface area contributed by atoms with Crippen molar-refractivity contribution in [2.24, 2.45) is 0 Å². The Hall–Kier alpha value is -3.45. The fraction of sp³-hybridized carbons (Fsp3) is 0.217. The van der Waals surface area contributed by atoms with Gasteiger partial charge in [-0.25, -0.2) is 14.6 Å². The molecule has 1 N–H and O–H groups in total. The molecule has 0 spiro atoms. The number of nitrogens with zero attached hydrogens (tertiary/aromatic N) is 5. The zero-order valence-corrected chi connectivity index (χ0v) is 18.6. The highest BCUT2D eigenvalue weighted by Crippen LogP contribution is 2.25. The Morgan fingerprint density at radius 3 is 2.39 bits per heavy atom. The molecule has 0 aliphatic rings. The Morgan fingerprint density at radius 1 is 1.03 bits per heavy atom. The van der Waals surface area contributed by atoms with Crippen molar-refractivity contribution in [1.29, 1.82) is 0 Å². The molecule has 8 heteroatoms. The molecule has 0 aliphatic heterocycles. The first-order valence-corrected chi connectivity index (χ1v) is 10.3. The van der Waals surface area contributed by atoms with Crippen LogP contribution in [0.25, 0.3) is 11.6 Å². The second-order valence-corrected chi connectivity index (χ2v) is 7.93. The Kier molecular flexibility index (Phi) is 5.61. The average Bonchev–Trinajstić information content (AvgIpc) is 3.33. The molecule has 0 radical (unpaired) electrons. The van der Waals surface area contributed by atoms with Crippen LogP contribution in [0.2, 0.25) is 5.02 Å². The van der Waals surface area contributed by atoms with Crippen LogP contribution in [0.1, 0.15) is 28.3 Å². The summed E-state index contributed by atoms with van der Waals surface area (Å²) in [6.45, 7) is 7.67. The molecule has 4 rings (SSSR count). The molecule has 1 aromatic carbocycles. The van der Waals surface area contributed by atoms with Crippen LogP contribution < -0.4 is 5.32 Å². The molecule has 4 aromatic rings. The van der Waals surface area contributed by atoms with E-state index in [1.807, 2.05) is 75.0 Å². The summed E-state index contributed by atoms with van der Waals surface area (Å²) in [5.74, 6) is 0.375. The van der Waals surface area contributed by atoms with Crippen molar-refractivity contribution in [2.45, 2.75) is 34.1 Å². The monoisotopic (exact) mass is 434 g/mol. The van der Waals surface area contributed by atoms with Gasteiger partial charge in [0, 0.05) is 40.1 Å². The predicted molar refractivity (Wildman–Crippen MR) is 121 cm³/mol. The topological polar surface area (TPSA) is 77.6 Å². The summed E-state index contributed by atoms with van der Waals surface area (Å²) in [6, 6.07) is 11.1. The Morgan fingerprint density at radius 2 is 1.71 bits per heavy atom. The number of carbonyl (C=O) groups excluding carboxylic acids is 1. The zero-order valence-electron chi connectivity index (χ0n) is 17.8. The molecule has 0 fully saturated rings. The molecule has 0 unspecified atom stereocenters. The minimum atomic E-state index is -0.136. The van der Waals surface area contributed by atoms with Crippen LogP contribution in [-0.4, -0.2) is 30.2 Å². The summed E-state index contributed by atoms with van der Waals surface area (Å²) >= 11 is 6.18. The van der Waals surface area contributed by atoms with E-state index < -0.39 is 0 Å². The van der Waals surface area contributed by atoms with Gasteiger partial charge in [0.15, 0.2) is 0 Å². The second-order valence-electron chi connectivity index (χ2n) is 7.49. The molecule has 0 atom stereocenters. The smallest absolute Gasteiger partial charge is 0.251 e. The number of anilines is 1. The standard InChI is InChI=1S/C23H23ClN6O/c1-14-11-15(2)26-23(25-14)30-17(4)19(16(3)28-30)13-22(31)27-20-8-7-18(24)12-21(20)29-9-5-6-10-29/h5-12H,13H2,1-4H3,(H,27,31). The fourth-order valence-electron chi connectivity index (χ4n) is 3.60. The summed E-state index contributed by atoms with van der Waals surface area (Å²) in [5, 5.41) is 8.19. The number of aromatic nitrogens is 5. The van der Waals surface area contributed by atoms with E-state index in [4.69, 9.17) is 11.6 Å². The molecule has 7 nitrogen and oxygen atoms in total. The molecule has 31 heavy (non-hydrogen) atoms. The molecular weight excluding hydrogens is 412 g/mol. The van der Waals surface area contributed by atoms with Crippen LogP contribution in [0.3, 0.4) is 0 Å². The lowest BCUT2D eigenvalue weighted by molar-refractivity contribution is -0.115. The van der Waals surface area contributed by atoms with Crippen LogP contribution >= 0.6 is 11.6 Å². The number of amides is 1. The van der Waals surface area contributed by atoms with Gasteiger partial charge in [0.2, 0.25) is 5.91 Å². The van der Waals surface area contributed by atoms with E-state index >= 15 is 0 Å². The van der Waals surface area contributed by atoms with Crippen molar-refractivity contribution in [1.82, 2.24) is 24.3 Å². The summed E-state index contributed by atoms with van der Waals surface area (Å²) in [5.41, 5.74) is 5.71. The van der Waals surface area contributed by atoms with Crippen LogP contribution in [0.5, 0.6) is 0 Å². The van der Waals surface area contributed by atoms with Crippen LogP contribution in [-0.2, 0) is 11.2 Å². The third-order valence-electron chi connectivity index (χ3n) is 5.05. The Bertz CT molecular complexity index is 1240. The van der Waals surface area contributed by atoms with Crippen molar-refractivity contribution in [3.63, 3.8) is 0 Å². The molecule has 158 valence electrons. The number of rotatable bonds is 5. The highest BCUT2D eigenvalue weighted by molar-refractivity contribution is 6.31. The zero-order chi connectivity index (χ0) is 22.1. The third kappa shape index (κ3) is 4.36. The van der Waals surface area contributed by atoms with Gasteiger partial charge >= 0.3 is 0 Å². The summed E-state index contributed by atoms with van der Waals surface area (Å²) in [7, 11) is 0. The molecule has 0 saturated heterocycles. The van der Waals surface area contributed by atoms with E-state index in [1.54, 1.807) is 10.7 Å². The van der Waals surface area contributed by atoms with Crippen molar-refractivity contribution in [3.8, 4) is 11.6 Å². The van der Waals surface area contributed by atoms with E-state index in [-0.39, 0.29) is 12.3 Å². The van der Waals surface area contributed by atoms with Gasteiger partial charge in [-0.1, -0.05) is 11.6 Å². The first-order valence-electron chi connectivity index (χ1n) is 9.92. The SMILES string of the molecule is Cc1cc(C)nc(-n2nc(C)c(CC(=O)Nc3ccc(Cl)cc3-n3cccc3)c2C)n1. The Labute approximate surface area is 185 Å². The van der Waals surface area contributed by atoms with Gasteiger partial charge in [-0.15, -0.1) is 0 Å². The van der Waals surface area contributed by atoms with Gasteiger partial charge in [-0.2, -0.15) is 5.10 Å². The van der Waals surface area contributed by atoms with Crippen LogP contribution in [0.15, 0.2) is 48.8 Å². The number of nitrogens with one attached hydrogen (secondary N) is 1. The average molecular weight is 435 g/mol. The molecule has 0 aliphatic carbocycles. The first kappa shape index (κ1) is 20.8. The first-order chi connectivity index (χ1) is 14.8. The highest BCUT2D eigenvalue weighted by Gasteiger charge is 2.18. The van der Waals surface area contributed by atoms with Gasteiger partial charge in [-0.3, -0.25) is 4.79 Å². The minimum Gasteiger partial charge on any atom is -0.324 e. The summed E-state index contributed by atoms with van der Waals surface area (Å²) < 4.78 is 3.61. The van der Waals surface area contributed by atoms with Crippen LogP contribution in [0.4, 0.5) is 5.69 Å². The number of halogens is 1. The van der Waals surface area contributed by atoms with E-state index in [9.17, 15) is 4.79 Å². The second kappa shape index (κ2) is 8.35. The fourth-order valence-corrected chi connectivity index (χ4v) is 3.77. The lowest BCUT2D eigenvalue weighted by Crippen LogP contribution is -2.17. The highest BCUT2D eigenvalue weighted by atomic mass is 35.5. The normalized spacial score (nSPS) is 11.0. The number of carbonyl (C=O) groups is 1. The van der Waals surface area contributed by atoms with Crippen molar-refractivity contribution in [2.75, 3.05) is 5.32 Å². The van der Waals surface area contributed by atoms with E-state index in [1.165, 1.54) is 0 Å². The van der Waals surface area contributed by atoms with E-state index in [0.717, 1.165) is 34.0 Å². The number of benzene rings is 1. The van der Waals surface area contributed by atoms with Crippen molar-refractivity contribution >= 4 is 23.2 Å². The Balaban J connectivity index is 1.60. The lowest BCUT2D eigenvalue weighted by atomic mass is 10.1. The van der Waals surface area contributed by atoms with Gasteiger partial charge in [0.05, 0.1) is 23.5 Å². The van der Waals surface area contributed by atoms with E-state index in [2.05, 4.69) is 20.4 Å². The van der Waals surface area contributed by atoms with Gasteiger partial charge < -0.3 is 9.88 Å². The summed E-state index contributed by atoms with van der Waals surface area (Å²) in [6.07, 6.45) is 4.00. The van der Waals surface area contributed by atoms with Gasteiger partial charge in [-0.05, 0) is 64.1 Å². The maximum absolute atomic E-state index is 12.9. The third-order valence-corrected chi connectivity index (χ3v) is 5.29. The molecule has 0 bridgehead atoms. The van der Waals surface area contributed by atoms with Gasteiger partial charge in [0.25, 0.3) is 5.95 Å². The van der Waals surface area contributed by atoms with Crippen LogP contribution in [0, 0.1) is 27.7 Å². The molecule has 3 heterocycles. The van der Waals surface area contributed by atoms with Crippen molar-refractivity contribution < 1.29 is 4.79 Å². The van der Waals surface area contributed by atoms with E-state index in [0.29, 0.717) is 16.7 Å². The summed E-state index contributed by atoms with van der Waals surface area (Å²) in [4.78, 5) is 21.9. The minimum absolute atomic E-state index is 0.136. The predicted octanol–water partition coefficient (Wildman–Crippen LogP) is 4.52. The molecule has 1 amide bonds. The maximum atomic E-state index is 12.9. The van der Waals surface area contributed by atoms with Gasteiger partial charge in [0.1, 0.15) is 0 Å². The number of aryl methyl sites for hydroxylation is 3. The quantitative estimate of drug-likeness (QED) is 0.501. The molecule has 0 saturated carbocycles. The number of hydrogen-bond donors (Lipinski definition) is 1. The van der Waals surface area contributed by atoms with Crippen molar-refractivity contribution in [3.05, 3.63) is 82.2 Å². The number of hydrogen-bond acceptors (Lipinski definition) is 4. The molecular formula is C23H23ClN6O.